The topological polar surface area (TPSA) is 93.0 Å². The van der Waals surface area contributed by atoms with Crippen LogP contribution in [-0.2, 0) is 12.6 Å². The third kappa shape index (κ3) is 5.91. The molecule has 1 heterocycles. The molecule has 0 fully saturated rings. The van der Waals surface area contributed by atoms with Crippen molar-refractivity contribution >= 4 is 28.8 Å². The van der Waals surface area contributed by atoms with Gasteiger partial charge in [0, 0.05) is 29.7 Å². The SMILES string of the molecule is CC(C)Cc1ccc(Nc2nc(Nc3ccc([N+](=O)[O-])cc3)ncc2C(F)(F)F)cc1. The highest BCUT2D eigenvalue weighted by atomic mass is 19.4. The first-order valence-corrected chi connectivity index (χ1v) is 9.43. The molecule has 2 N–H and O–H groups in total. The number of nitrogens with zero attached hydrogens (tertiary/aromatic N) is 3. The number of hydrogen-bond acceptors (Lipinski definition) is 6. The molecule has 0 radical (unpaired) electrons. The first kappa shape index (κ1) is 22.0. The van der Waals surface area contributed by atoms with Crippen LogP contribution in [-0.4, -0.2) is 14.9 Å². The molecule has 31 heavy (non-hydrogen) atoms. The summed E-state index contributed by atoms with van der Waals surface area (Å²) >= 11 is 0. The van der Waals surface area contributed by atoms with Crippen LogP contribution in [0.4, 0.5) is 42.0 Å². The molecule has 3 rings (SSSR count). The molecular weight excluding hydrogens is 411 g/mol. The number of nitrogens with one attached hydrogen (secondary N) is 2. The zero-order valence-corrected chi connectivity index (χ0v) is 16.8. The van der Waals surface area contributed by atoms with E-state index >= 15 is 0 Å². The maximum atomic E-state index is 13.4. The number of halogens is 3. The Balaban J connectivity index is 1.85. The third-order valence-electron chi connectivity index (χ3n) is 4.29. The van der Waals surface area contributed by atoms with Crippen LogP contribution in [0.5, 0.6) is 0 Å². The van der Waals surface area contributed by atoms with Gasteiger partial charge in [-0.05, 0) is 42.2 Å². The highest BCUT2D eigenvalue weighted by Crippen LogP contribution is 2.35. The van der Waals surface area contributed by atoms with Gasteiger partial charge in [0.2, 0.25) is 5.95 Å². The number of benzene rings is 2. The highest BCUT2D eigenvalue weighted by Gasteiger charge is 2.35. The average Bonchev–Trinajstić information content (AvgIpc) is 2.69. The summed E-state index contributed by atoms with van der Waals surface area (Å²) in [5, 5.41) is 16.2. The molecule has 10 heteroatoms. The van der Waals surface area contributed by atoms with Gasteiger partial charge in [0.25, 0.3) is 5.69 Å². The second-order valence-electron chi connectivity index (χ2n) is 7.30. The van der Waals surface area contributed by atoms with Crippen LogP contribution in [0.15, 0.2) is 54.7 Å². The van der Waals surface area contributed by atoms with Crippen LogP contribution in [0.1, 0.15) is 25.0 Å². The number of anilines is 4. The highest BCUT2D eigenvalue weighted by molar-refractivity contribution is 5.63. The molecule has 0 aliphatic carbocycles. The molecule has 1 aromatic heterocycles. The van der Waals surface area contributed by atoms with E-state index < -0.39 is 22.5 Å². The van der Waals surface area contributed by atoms with Gasteiger partial charge in [-0.15, -0.1) is 0 Å². The summed E-state index contributed by atoms with van der Waals surface area (Å²) in [5.41, 5.74) is 0.822. The van der Waals surface area contributed by atoms with Crippen molar-refractivity contribution in [3.05, 3.63) is 76.0 Å². The monoisotopic (exact) mass is 431 g/mol. The van der Waals surface area contributed by atoms with Crippen molar-refractivity contribution < 1.29 is 18.1 Å². The van der Waals surface area contributed by atoms with E-state index in [-0.39, 0.29) is 11.6 Å². The zero-order chi connectivity index (χ0) is 22.6. The normalized spacial score (nSPS) is 11.4. The predicted octanol–water partition coefficient (Wildman–Crippen LogP) is 6.09. The largest absolute Gasteiger partial charge is 0.421 e. The molecule has 0 spiro atoms. The van der Waals surface area contributed by atoms with E-state index in [1.165, 1.54) is 24.3 Å². The van der Waals surface area contributed by atoms with Gasteiger partial charge in [-0.25, -0.2) is 4.98 Å². The molecule has 2 aromatic carbocycles. The summed E-state index contributed by atoms with van der Waals surface area (Å²) in [6.07, 6.45) is -3.09. The van der Waals surface area contributed by atoms with Gasteiger partial charge < -0.3 is 10.6 Å². The molecule has 162 valence electrons. The van der Waals surface area contributed by atoms with Crippen molar-refractivity contribution in [1.29, 1.82) is 0 Å². The second kappa shape index (κ2) is 8.99. The lowest BCUT2D eigenvalue weighted by molar-refractivity contribution is -0.384. The lowest BCUT2D eigenvalue weighted by atomic mass is 10.0. The number of non-ortho nitro benzene ring substituents is 1. The van der Waals surface area contributed by atoms with E-state index in [4.69, 9.17) is 0 Å². The van der Waals surface area contributed by atoms with Crippen molar-refractivity contribution in [2.75, 3.05) is 10.6 Å². The van der Waals surface area contributed by atoms with E-state index in [2.05, 4.69) is 34.4 Å². The molecule has 0 aliphatic rings. The number of nitro groups is 1. The Hall–Kier alpha value is -3.69. The summed E-state index contributed by atoms with van der Waals surface area (Å²) < 4.78 is 40.3. The molecular formula is C21H20F3N5O2. The van der Waals surface area contributed by atoms with E-state index in [1.54, 1.807) is 12.1 Å². The standard InChI is InChI=1S/C21H20F3N5O2/c1-13(2)11-14-3-5-15(6-4-14)26-19-18(21(22,23)24)12-25-20(28-19)27-16-7-9-17(10-8-16)29(30)31/h3-10,12-13H,11H2,1-2H3,(H2,25,26,27,28). The van der Waals surface area contributed by atoms with Crippen molar-refractivity contribution in [3.8, 4) is 0 Å². The maximum Gasteiger partial charge on any atom is 0.421 e. The number of nitro benzene ring substituents is 1. The fraction of sp³-hybridized carbons (Fsp3) is 0.238. The number of alkyl halides is 3. The van der Waals surface area contributed by atoms with Crippen molar-refractivity contribution in [1.82, 2.24) is 9.97 Å². The van der Waals surface area contributed by atoms with Gasteiger partial charge in [0.1, 0.15) is 11.4 Å². The fourth-order valence-electron chi connectivity index (χ4n) is 2.87. The molecule has 0 atom stereocenters. The molecule has 3 aromatic rings. The molecule has 0 saturated carbocycles. The average molecular weight is 431 g/mol. The zero-order valence-electron chi connectivity index (χ0n) is 16.8. The lowest BCUT2D eigenvalue weighted by Crippen LogP contribution is -2.12. The van der Waals surface area contributed by atoms with Gasteiger partial charge in [-0.3, -0.25) is 10.1 Å². The van der Waals surface area contributed by atoms with Gasteiger partial charge in [-0.2, -0.15) is 18.2 Å². The number of hydrogen-bond donors (Lipinski definition) is 2. The first-order valence-electron chi connectivity index (χ1n) is 9.43. The van der Waals surface area contributed by atoms with Gasteiger partial charge in [-0.1, -0.05) is 26.0 Å². The Morgan fingerprint density at radius 2 is 1.58 bits per heavy atom. The lowest BCUT2D eigenvalue weighted by Gasteiger charge is -2.15. The minimum absolute atomic E-state index is 0.0826. The van der Waals surface area contributed by atoms with E-state index in [0.717, 1.165) is 12.0 Å². The van der Waals surface area contributed by atoms with Crippen LogP contribution >= 0.6 is 0 Å². The number of aromatic nitrogens is 2. The molecule has 0 unspecified atom stereocenters. The molecule has 0 aliphatic heterocycles. The van der Waals surface area contributed by atoms with Crippen molar-refractivity contribution in [2.24, 2.45) is 5.92 Å². The maximum absolute atomic E-state index is 13.4. The first-order chi connectivity index (χ1) is 14.6. The Morgan fingerprint density at radius 3 is 2.13 bits per heavy atom. The van der Waals surface area contributed by atoms with Crippen LogP contribution in [0.2, 0.25) is 0 Å². The van der Waals surface area contributed by atoms with Crippen molar-refractivity contribution in [2.45, 2.75) is 26.4 Å². The quantitative estimate of drug-likeness (QED) is 0.347. The molecule has 0 saturated heterocycles. The summed E-state index contributed by atoms with van der Waals surface area (Å²) in [5.74, 6) is -0.0186. The summed E-state index contributed by atoms with van der Waals surface area (Å²) in [4.78, 5) is 17.9. The van der Waals surface area contributed by atoms with Gasteiger partial charge in [0.15, 0.2) is 0 Å². The van der Waals surface area contributed by atoms with Crippen LogP contribution < -0.4 is 10.6 Å². The van der Waals surface area contributed by atoms with E-state index in [1.807, 2.05) is 12.1 Å². The van der Waals surface area contributed by atoms with Crippen LogP contribution in [0.25, 0.3) is 0 Å². The molecule has 7 nitrogen and oxygen atoms in total. The summed E-state index contributed by atoms with van der Waals surface area (Å²) in [6, 6.07) is 12.5. The van der Waals surface area contributed by atoms with Gasteiger partial charge in [0.05, 0.1) is 4.92 Å². The van der Waals surface area contributed by atoms with Gasteiger partial charge >= 0.3 is 6.18 Å². The van der Waals surface area contributed by atoms with Crippen LogP contribution in [0.3, 0.4) is 0 Å². The van der Waals surface area contributed by atoms with E-state index in [0.29, 0.717) is 23.5 Å². The summed E-state index contributed by atoms with van der Waals surface area (Å²) in [7, 11) is 0. The van der Waals surface area contributed by atoms with Crippen molar-refractivity contribution in [3.63, 3.8) is 0 Å². The smallest absolute Gasteiger partial charge is 0.340 e. The Bertz CT molecular complexity index is 1050. The molecule has 0 amide bonds. The van der Waals surface area contributed by atoms with Crippen LogP contribution in [0, 0.1) is 16.0 Å². The predicted molar refractivity (Wildman–Crippen MR) is 112 cm³/mol. The Labute approximate surface area is 176 Å². The third-order valence-corrected chi connectivity index (χ3v) is 4.29. The Kier molecular flexibility index (Phi) is 6.38. The second-order valence-corrected chi connectivity index (χ2v) is 7.30. The molecule has 0 bridgehead atoms. The minimum atomic E-state index is -4.65. The van der Waals surface area contributed by atoms with E-state index in [9.17, 15) is 23.3 Å². The fourth-order valence-corrected chi connectivity index (χ4v) is 2.87. The number of rotatable bonds is 7. The minimum Gasteiger partial charge on any atom is -0.340 e. The summed E-state index contributed by atoms with van der Waals surface area (Å²) in [6.45, 7) is 4.17. The Morgan fingerprint density at radius 1 is 1.00 bits per heavy atom.